The zero-order valence-corrected chi connectivity index (χ0v) is 12.5. The van der Waals surface area contributed by atoms with E-state index >= 15 is 0 Å². The molecule has 4 heterocycles. The summed E-state index contributed by atoms with van der Waals surface area (Å²) in [5, 5.41) is 3.40. The van der Waals surface area contributed by atoms with Crippen LogP contribution in [0.4, 0.5) is 0 Å². The maximum atomic E-state index is 6.39. The van der Waals surface area contributed by atoms with Gasteiger partial charge in [0.25, 0.3) is 0 Å². The van der Waals surface area contributed by atoms with Gasteiger partial charge in [-0.1, -0.05) is 0 Å². The summed E-state index contributed by atoms with van der Waals surface area (Å²) < 4.78 is 6.39. The summed E-state index contributed by atoms with van der Waals surface area (Å²) in [5.41, 5.74) is 3.28. The Kier molecular flexibility index (Phi) is 2.62. The molecule has 1 aromatic heterocycles. The molecule has 1 atom stereocenters. The standard InChI is InChI=1S/C17H23N3O/c1-2-14-16-13(4-7-20(14)6-1)19-5-3-15(16)21-12-8-17(9-12)10-18-11-17/h3,5,12,14,18H,1-2,4,6-11H2. The molecule has 1 unspecified atom stereocenters. The van der Waals surface area contributed by atoms with Gasteiger partial charge in [-0.05, 0) is 38.3 Å². The summed E-state index contributed by atoms with van der Waals surface area (Å²) in [6.45, 7) is 4.80. The van der Waals surface area contributed by atoms with Crippen LogP contribution in [0.5, 0.6) is 5.75 Å². The van der Waals surface area contributed by atoms with E-state index in [4.69, 9.17) is 4.74 Å². The van der Waals surface area contributed by atoms with Gasteiger partial charge in [0.05, 0.1) is 11.8 Å². The van der Waals surface area contributed by atoms with E-state index in [0.717, 1.165) is 12.2 Å². The first-order valence-corrected chi connectivity index (χ1v) is 8.42. The molecule has 1 N–H and O–H groups in total. The summed E-state index contributed by atoms with van der Waals surface area (Å²) >= 11 is 0. The number of fused-ring (bicyclic) bond motifs is 3. The van der Waals surface area contributed by atoms with Crippen LogP contribution in [0.1, 0.15) is 43.0 Å². The van der Waals surface area contributed by atoms with E-state index in [1.54, 1.807) is 0 Å². The lowest BCUT2D eigenvalue weighted by Crippen LogP contribution is -2.62. The SMILES string of the molecule is c1cc(OC2CC3(CNC3)C2)c2c(n1)CCN1CCCC21. The molecule has 3 aliphatic heterocycles. The van der Waals surface area contributed by atoms with Gasteiger partial charge >= 0.3 is 0 Å². The molecule has 4 heteroatoms. The Morgan fingerprint density at radius 3 is 3.00 bits per heavy atom. The highest BCUT2D eigenvalue weighted by Crippen LogP contribution is 2.48. The second-order valence-electron chi connectivity index (χ2n) is 7.37. The van der Waals surface area contributed by atoms with Crippen LogP contribution < -0.4 is 10.1 Å². The number of nitrogens with one attached hydrogen (secondary N) is 1. The Bertz CT molecular complexity index is 561. The monoisotopic (exact) mass is 285 g/mol. The average molecular weight is 285 g/mol. The molecule has 1 spiro atoms. The summed E-state index contributed by atoms with van der Waals surface area (Å²) in [5.74, 6) is 1.13. The zero-order valence-electron chi connectivity index (χ0n) is 12.5. The Labute approximate surface area is 125 Å². The second kappa shape index (κ2) is 4.43. The number of pyridine rings is 1. The van der Waals surface area contributed by atoms with Crippen LogP contribution in [-0.2, 0) is 6.42 Å². The largest absolute Gasteiger partial charge is 0.490 e. The number of rotatable bonds is 2. The van der Waals surface area contributed by atoms with E-state index in [0.29, 0.717) is 17.6 Å². The van der Waals surface area contributed by atoms with Crippen LogP contribution in [0, 0.1) is 5.41 Å². The van der Waals surface area contributed by atoms with E-state index in [1.807, 2.05) is 6.20 Å². The smallest absolute Gasteiger partial charge is 0.127 e. The summed E-state index contributed by atoms with van der Waals surface area (Å²) in [6, 6.07) is 2.67. The molecule has 5 rings (SSSR count). The Morgan fingerprint density at radius 2 is 2.19 bits per heavy atom. The molecule has 4 nitrogen and oxygen atoms in total. The van der Waals surface area contributed by atoms with Crippen molar-refractivity contribution in [3.8, 4) is 5.75 Å². The fourth-order valence-corrected chi connectivity index (χ4v) is 4.76. The van der Waals surface area contributed by atoms with Gasteiger partial charge in [0.15, 0.2) is 0 Å². The van der Waals surface area contributed by atoms with Gasteiger partial charge < -0.3 is 10.1 Å². The molecule has 4 aliphatic rings. The van der Waals surface area contributed by atoms with Gasteiger partial charge in [-0.2, -0.15) is 0 Å². The van der Waals surface area contributed by atoms with E-state index in [1.165, 1.54) is 63.1 Å². The first-order valence-electron chi connectivity index (χ1n) is 8.42. The molecule has 1 aliphatic carbocycles. The predicted molar refractivity (Wildman–Crippen MR) is 80.4 cm³/mol. The van der Waals surface area contributed by atoms with Crippen LogP contribution in [0.2, 0.25) is 0 Å². The molecule has 112 valence electrons. The third-order valence-corrected chi connectivity index (χ3v) is 5.98. The van der Waals surface area contributed by atoms with Crippen molar-refractivity contribution in [2.24, 2.45) is 5.41 Å². The number of ether oxygens (including phenoxy) is 1. The average Bonchev–Trinajstić information content (AvgIpc) is 2.88. The van der Waals surface area contributed by atoms with Crippen LogP contribution in [0.3, 0.4) is 0 Å². The molecule has 21 heavy (non-hydrogen) atoms. The first kappa shape index (κ1) is 12.4. The molecular weight excluding hydrogens is 262 g/mol. The number of aromatic nitrogens is 1. The zero-order chi connectivity index (χ0) is 13.9. The lowest BCUT2D eigenvalue weighted by molar-refractivity contribution is -0.0504. The van der Waals surface area contributed by atoms with Crippen molar-refractivity contribution in [3.05, 3.63) is 23.5 Å². The van der Waals surface area contributed by atoms with Gasteiger partial charge in [-0.15, -0.1) is 0 Å². The van der Waals surface area contributed by atoms with Gasteiger partial charge in [-0.25, -0.2) is 0 Å². The van der Waals surface area contributed by atoms with E-state index < -0.39 is 0 Å². The van der Waals surface area contributed by atoms with Crippen LogP contribution in [-0.4, -0.2) is 42.2 Å². The normalized spacial score (nSPS) is 30.4. The predicted octanol–water partition coefficient (Wildman–Crippen LogP) is 1.91. The van der Waals surface area contributed by atoms with Crippen LogP contribution >= 0.6 is 0 Å². The van der Waals surface area contributed by atoms with Gasteiger partial charge in [-0.3, -0.25) is 9.88 Å². The highest BCUT2D eigenvalue weighted by Gasteiger charge is 2.50. The third-order valence-electron chi connectivity index (χ3n) is 5.98. The minimum atomic E-state index is 0.426. The molecule has 2 saturated heterocycles. The Morgan fingerprint density at radius 1 is 1.29 bits per heavy atom. The van der Waals surface area contributed by atoms with Crippen molar-refractivity contribution in [1.82, 2.24) is 15.2 Å². The van der Waals surface area contributed by atoms with Gasteiger partial charge in [0.1, 0.15) is 5.75 Å². The molecular formula is C17H23N3O. The molecule has 0 aromatic carbocycles. The summed E-state index contributed by atoms with van der Waals surface area (Å²) in [6.07, 6.45) is 8.50. The minimum Gasteiger partial charge on any atom is -0.490 e. The maximum absolute atomic E-state index is 6.39. The van der Waals surface area contributed by atoms with Crippen molar-refractivity contribution in [2.75, 3.05) is 26.2 Å². The minimum absolute atomic E-state index is 0.426. The molecule has 0 bridgehead atoms. The quantitative estimate of drug-likeness (QED) is 0.900. The highest BCUT2D eigenvalue weighted by molar-refractivity contribution is 5.41. The molecule has 1 aromatic rings. The van der Waals surface area contributed by atoms with Crippen molar-refractivity contribution in [1.29, 1.82) is 0 Å². The fourth-order valence-electron chi connectivity index (χ4n) is 4.76. The van der Waals surface area contributed by atoms with Gasteiger partial charge in [0, 0.05) is 49.3 Å². The molecule has 0 amide bonds. The van der Waals surface area contributed by atoms with Crippen molar-refractivity contribution in [2.45, 2.75) is 44.2 Å². The van der Waals surface area contributed by atoms with Gasteiger partial charge in [0.2, 0.25) is 0 Å². The molecule has 3 fully saturated rings. The molecule has 1 saturated carbocycles. The third kappa shape index (κ3) is 1.85. The van der Waals surface area contributed by atoms with E-state index in [2.05, 4.69) is 21.3 Å². The summed E-state index contributed by atoms with van der Waals surface area (Å²) in [7, 11) is 0. The molecule has 0 radical (unpaired) electrons. The number of hydrogen-bond acceptors (Lipinski definition) is 4. The number of hydrogen-bond donors (Lipinski definition) is 1. The van der Waals surface area contributed by atoms with Crippen molar-refractivity contribution >= 4 is 0 Å². The highest BCUT2D eigenvalue weighted by atomic mass is 16.5. The lowest BCUT2D eigenvalue weighted by Gasteiger charge is -2.54. The van der Waals surface area contributed by atoms with Crippen molar-refractivity contribution < 1.29 is 4.74 Å². The Balaban J connectivity index is 1.40. The Hall–Kier alpha value is -1.13. The second-order valence-corrected chi connectivity index (χ2v) is 7.37. The number of nitrogens with zero attached hydrogens (tertiary/aromatic N) is 2. The topological polar surface area (TPSA) is 37.4 Å². The van der Waals surface area contributed by atoms with Crippen LogP contribution in [0.15, 0.2) is 12.3 Å². The van der Waals surface area contributed by atoms with E-state index in [-0.39, 0.29) is 0 Å². The fraction of sp³-hybridized carbons (Fsp3) is 0.706. The van der Waals surface area contributed by atoms with E-state index in [9.17, 15) is 0 Å². The van der Waals surface area contributed by atoms with Crippen LogP contribution in [0.25, 0.3) is 0 Å². The summed E-state index contributed by atoms with van der Waals surface area (Å²) in [4.78, 5) is 7.25. The lowest BCUT2D eigenvalue weighted by atomic mass is 9.63. The van der Waals surface area contributed by atoms with Crippen molar-refractivity contribution in [3.63, 3.8) is 0 Å². The first-order chi connectivity index (χ1) is 10.3. The maximum Gasteiger partial charge on any atom is 0.127 e.